The number of ether oxygens (including phenoxy) is 1. The van der Waals surface area contributed by atoms with Crippen LogP contribution in [-0.4, -0.2) is 25.1 Å². The Labute approximate surface area is 159 Å². The summed E-state index contributed by atoms with van der Waals surface area (Å²) in [6.45, 7) is 2.54. The zero-order valence-corrected chi connectivity index (χ0v) is 17.3. The summed E-state index contributed by atoms with van der Waals surface area (Å²) < 4.78 is 16.7. The average Bonchev–Trinajstić information content (AvgIpc) is 2.91. The van der Waals surface area contributed by atoms with Crippen molar-refractivity contribution in [3.8, 4) is 5.75 Å². The zero-order chi connectivity index (χ0) is 18.2. The lowest BCUT2D eigenvalue weighted by molar-refractivity contribution is -0.109. The largest absolute Gasteiger partial charge is 0.490 e. The van der Waals surface area contributed by atoms with Crippen LogP contribution in [0.4, 0.5) is 0 Å². The summed E-state index contributed by atoms with van der Waals surface area (Å²) in [6, 6.07) is 7.26. The Morgan fingerprint density at radius 3 is 2.84 bits per heavy atom. The molecule has 1 aliphatic carbocycles. The van der Waals surface area contributed by atoms with E-state index in [0.717, 1.165) is 12.7 Å². The fourth-order valence-electron chi connectivity index (χ4n) is 3.39. The van der Waals surface area contributed by atoms with Gasteiger partial charge < -0.3 is 18.6 Å². The second-order valence-corrected chi connectivity index (χ2v) is 7.34. The van der Waals surface area contributed by atoms with Crippen molar-refractivity contribution in [2.24, 2.45) is 17.8 Å². The molecule has 1 fully saturated rings. The molecule has 0 aromatic heterocycles. The summed E-state index contributed by atoms with van der Waals surface area (Å²) in [6.07, 6.45) is 6.45. The van der Waals surface area contributed by atoms with Crippen molar-refractivity contribution >= 4 is 36.8 Å². The van der Waals surface area contributed by atoms with Gasteiger partial charge in [0.2, 0.25) is 0 Å². The highest BCUT2D eigenvalue weighted by Gasteiger charge is 2.39. The van der Waals surface area contributed by atoms with Crippen molar-refractivity contribution in [3.05, 3.63) is 41.4 Å². The molecule has 7 heteroatoms. The van der Waals surface area contributed by atoms with Crippen molar-refractivity contribution in [2.45, 2.75) is 32.0 Å². The third-order valence-electron chi connectivity index (χ3n) is 4.73. The molecule has 0 N–H and O–H groups in total. The molecule has 1 aliphatic rings. The predicted molar refractivity (Wildman–Crippen MR) is 107 cm³/mol. The molecule has 0 bridgehead atoms. The molecule has 0 aliphatic heterocycles. The summed E-state index contributed by atoms with van der Waals surface area (Å²) in [5.74, 6) is 1.63. The summed E-state index contributed by atoms with van der Waals surface area (Å²) in [5.41, 5.74) is 0. The molecule has 138 valence electrons. The number of hydrogen-bond acceptors (Lipinski definition) is 4. The van der Waals surface area contributed by atoms with E-state index in [1.54, 1.807) is 12.1 Å². The average molecular weight is 403 g/mol. The molecule has 4 unspecified atom stereocenters. The minimum atomic E-state index is -0.220. The second-order valence-electron chi connectivity index (χ2n) is 6.36. The van der Waals surface area contributed by atoms with Crippen molar-refractivity contribution in [3.63, 3.8) is 0 Å². The summed E-state index contributed by atoms with van der Waals surface area (Å²) >= 11 is 5.96. The van der Waals surface area contributed by atoms with Gasteiger partial charge in [-0.15, -0.1) is 0 Å². The molecule has 1 saturated carbocycles. The quantitative estimate of drug-likeness (QED) is 0.347. The van der Waals surface area contributed by atoms with Crippen LogP contribution in [-0.2, 0) is 13.8 Å². The fourth-order valence-corrected chi connectivity index (χ4v) is 4.04. The van der Waals surface area contributed by atoms with Crippen molar-refractivity contribution in [2.75, 3.05) is 6.61 Å². The molecule has 7 atom stereocenters. The number of halogens is 1. The number of carbonyl (C=O) groups excluding carboxylic acids is 1. The van der Waals surface area contributed by atoms with Gasteiger partial charge in [0.05, 0.1) is 6.10 Å². The van der Waals surface area contributed by atoms with Gasteiger partial charge in [-0.2, -0.15) is 0 Å². The summed E-state index contributed by atoms with van der Waals surface area (Å²) in [4.78, 5) is 11.0. The minimum absolute atomic E-state index is 0.0974. The molecule has 0 radical (unpaired) electrons. The van der Waals surface area contributed by atoms with Crippen LogP contribution in [0.25, 0.3) is 0 Å². The third kappa shape index (κ3) is 6.01. The van der Waals surface area contributed by atoms with E-state index in [9.17, 15) is 4.79 Å². The van der Waals surface area contributed by atoms with Crippen LogP contribution in [0.3, 0.4) is 0 Å². The van der Waals surface area contributed by atoms with E-state index >= 15 is 0 Å². The molecule has 0 saturated heterocycles. The minimum Gasteiger partial charge on any atom is -0.490 e. The number of aldehydes is 1. The molecule has 4 nitrogen and oxygen atoms in total. The molecule has 1 aromatic rings. The highest BCUT2D eigenvalue weighted by molar-refractivity contribution is 7.10. The van der Waals surface area contributed by atoms with Crippen LogP contribution in [0.2, 0.25) is 5.02 Å². The Balaban J connectivity index is 1.99. The Hall–Kier alpha value is -0.500. The highest BCUT2D eigenvalue weighted by Crippen LogP contribution is 2.42. The van der Waals surface area contributed by atoms with Gasteiger partial charge >= 0.3 is 0 Å². The van der Waals surface area contributed by atoms with Gasteiger partial charge in [-0.3, -0.25) is 0 Å². The van der Waals surface area contributed by atoms with Gasteiger partial charge in [0.25, 0.3) is 0 Å². The predicted octanol–water partition coefficient (Wildman–Crippen LogP) is 4.49. The Kier molecular flexibility index (Phi) is 8.82. The maximum atomic E-state index is 11.0. The second kappa shape index (κ2) is 10.6. The maximum absolute atomic E-state index is 11.0. The zero-order valence-electron chi connectivity index (χ0n) is 14.2. The Morgan fingerprint density at radius 1 is 1.40 bits per heavy atom. The monoisotopic (exact) mass is 402 g/mol. The summed E-state index contributed by atoms with van der Waals surface area (Å²) in [7, 11) is 4.62. The van der Waals surface area contributed by atoms with Crippen LogP contribution in [0.1, 0.15) is 19.8 Å². The lowest BCUT2D eigenvalue weighted by atomic mass is 9.87. The van der Waals surface area contributed by atoms with Crippen LogP contribution in [0, 0.1) is 17.8 Å². The standard InChI is InChI=1S/C18H25ClO4P2/c1-12-9-18(23-25)17(16(12)7-8-20)6-5-15(22-24)11-21-14-4-2-3-13(19)10-14/h2-6,8,10,12,15-18H,7,9,11,24-25H2,1H3/b6-5+/t12-,15?,16-,17+,18?/m0/s1. The molecule has 25 heavy (non-hydrogen) atoms. The Bertz CT molecular complexity index is 584. The molecule has 0 spiro atoms. The lowest BCUT2D eigenvalue weighted by Gasteiger charge is -2.21. The number of rotatable bonds is 9. The van der Waals surface area contributed by atoms with Crippen molar-refractivity contribution < 1.29 is 18.6 Å². The molecule has 0 amide bonds. The van der Waals surface area contributed by atoms with Crippen LogP contribution in [0.5, 0.6) is 5.75 Å². The maximum Gasteiger partial charge on any atom is 0.120 e. The first-order chi connectivity index (χ1) is 12.1. The molecule has 1 aromatic carbocycles. The number of hydrogen-bond donors (Lipinski definition) is 0. The highest BCUT2D eigenvalue weighted by atomic mass is 35.5. The fraction of sp³-hybridized carbons (Fsp3) is 0.500. The number of carbonyl (C=O) groups is 1. The first-order valence-corrected chi connectivity index (χ1v) is 9.62. The van der Waals surface area contributed by atoms with E-state index < -0.39 is 0 Å². The Morgan fingerprint density at radius 2 is 2.20 bits per heavy atom. The van der Waals surface area contributed by atoms with Gasteiger partial charge in [-0.25, -0.2) is 0 Å². The molecule has 2 rings (SSSR count). The molecular weight excluding hydrogens is 378 g/mol. The van der Waals surface area contributed by atoms with Gasteiger partial charge in [-0.1, -0.05) is 36.7 Å². The smallest absolute Gasteiger partial charge is 0.120 e. The van der Waals surface area contributed by atoms with Crippen LogP contribution >= 0.6 is 30.5 Å². The first-order valence-electron chi connectivity index (χ1n) is 8.30. The van der Waals surface area contributed by atoms with Gasteiger partial charge in [0.1, 0.15) is 24.7 Å². The van der Waals surface area contributed by atoms with Crippen molar-refractivity contribution in [1.29, 1.82) is 0 Å². The van der Waals surface area contributed by atoms with E-state index in [1.807, 2.05) is 18.2 Å². The molecule has 0 heterocycles. The van der Waals surface area contributed by atoms with E-state index in [-0.39, 0.29) is 18.1 Å². The van der Waals surface area contributed by atoms with Crippen LogP contribution in [0.15, 0.2) is 36.4 Å². The van der Waals surface area contributed by atoms with E-state index in [4.69, 9.17) is 25.4 Å². The van der Waals surface area contributed by atoms with E-state index in [2.05, 4.69) is 31.9 Å². The van der Waals surface area contributed by atoms with Crippen LogP contribution < -0.4 is 4.74 Å². The van der Waals surface area contributed by atoms with Gasteiger partial charge in [0.15, 0.2) is 0 Å². The third-order valence-corrected chi connectivity index (χ3v) is 5.67. The molecular formula is C18H25ClO4P2. The normalized spacial score (nSPS) is 27.5. The first kappa shape index (κ1) is 20.8. The topological polar surface area (TPSA) is 44.8 Å². The number of benzene rings is 1. The van der Waals surface area contributed by atoms with E-state index in [1.165, 1.54) is 0 Å². The van der Waals surface area contributed by atoms with Crippen molar-refractivity contribution in [1.82, 2.24) is 0 Å². The van der Waals surface area contributed by atoms with Gasteiger partial charge in [0, 0.05) is 36.3 Å². The van der Waals surface area contributed by atoms with Gasteiger partial charge in [-0.05, 0) is 36.5 Å². The van der Waals surface area contributed by atoms with E-state index in [0.29, 0.717) is 35.6 Å². The lowest BCUT2D eigenvalue weighted by Crippen LogP contribution is -2.21. The summed E-state index contributed by atoms with van der Waals surface area (Å²) in [5, 5.41) is 0.633. The SMILES string of the molecule is C[C@H]1CC(OP)[C@H](/C=C/C(COc2cccc(Cl)c2)OP)[C@H]1CC=O.